The van der Waals surface area contributed by atoms with Gasteiger partial charge in [0.25, 0.3) is 11.8 Å². The first kappa shape index (κ1) is 25.1. The minimum absolute atomic E-state index is 0.0885. The second kappa shape index (κ2) is 9.90. The predicted octanol–water partition coefficient (Wildman–Crippen LogP) is -0.543. The van der Waals surface area contributed by atoms with Gasteiger partial charge in [-0.3, -0.25) is 28.6 Å². The third-order valence-corrected chi connectivity index (χ3v) is 7.67. The number of amides is 2. The lowest BCUT2D eigenvalue weighted by molar-refractivity contribution is -0.141. The van der Waals surface area contributed by atoms with Crippen LogP contribution in [0.5, 0.6) is 0 Å². The molecule has 2 aliphatic rings. The van der Waals surface area contributed by atoms with Crippen LogP contribution in [0.3, 0.4) is 0 Å². The number of aliphatic carboxylic acids is 1. The molecule has 0 saturated carbocycles. The van der Waals surface area contributed by atoms with E-state index in [9.17, 15) is 29.1 Å². The average molecular weight is 535 g/mol. The van der Waals surface area contributed by atoms with Crippen molar-refractivity contribution in [3.8, 4) is 0 Å². The summed E-state index contributed by atoms with van der Waals surface area (Å²) in [5, 5.41) is 20.7. The zero-order valence-electron chi connectivity index (χ0n) is 18.7. The van der Waals surface area contributed by atoms with Crippen LogP contribution in [0.1, 0.15) is 5.76 Å². The van der Waals surface area contributed by atoms with Gasteiger partial charge in [0.2, 0.25) is 5.71 Å². The second-order valence-electron chi connectivity index (χ2n) is 7.31. The summed E-state index contributed by atoms with van der Waals surface area (Å²) in [5.74, 6) is -2.66. The molecule has 188 valence electrons. The number of hydrogen-bond acceptors (Lipinski definition) is 11. The largest absolute Gasteiger partial charge is 0.477 e. The Kier molecular flexibility index (Phi) is 6.89. The van der Waals surface area contributed by atoms with E-state index in [1.54, 1.807) is 6.07 Å². The van der Waals surface area contributed by atoms with E-state index < -0.39 is 39.6 Å². The Morgan fingerprint density at radius 3 is 2.81 bits per heavy atom. The van der Waals surface area contributed by atoms with Crippen molar-refractivity contribution in [2.45, 2.75) is 15.9 Å². The molecule has 0 spiro atoms. The van der Waals surface area contributed by atoms with E-state index in [2.05, 4.69) is 27.2 Å². The molecule has 2 atom stereocenters. The summed E-state index contributed by atoms with van der Waals surface area (Å²) in [5.41, 5.74) is -1.95. The maximum Gasteiger partial charge on any atom is 0.352 e. The molecule has 1 fully saturated rings. The Labute approximate surface area is 210 Å². The molecule has 0 radical (unpaired) electrons. The number of oxime groups is 1. The smallest absolute Gasteiger partial charge is 0.352 e. The Morgan fingerprint density at radius 1 is 1.42 bits per heavy atom. The number of rotatable bonds is 8. The number of nitrogens with zero attached hydrogens (tertiary/aromatic N) is 4. The van der Waals surface area contributed by atoms with E-state index in [0.29, 0.717) is 0 Å². The molecule has 2 aromatic rings. The van der Waals surface area contributed by atoms with Gasteiger partial charge in [0.1, 0.15) is 23.6 Å². The average Bonchev–Trinajstić information content (AvgIpc) is 3.39. The molecule has 0 aromatic carbocycles. The Hall–Kier alpha value is -4.05. The van der Waals surface area contributed by atoms with E-state index in [1.165, 1.54) is 26.5 Å². The van der Waals surface area contributed by atoms with E-state index in [4.69, 9.17) is 9.25 Å². The van der Waals surface area contributed by atoms with Crippen LogP contribution in [0, 0.1) is 0 Å². The van der Waals surface area contributed by atoms with Crippen molar-refractivity contribution in [2.75, 3.05) is 12.9 Å². The fraction of sp³-hybridized carbons (Fsp3) is 0.250. The highest BCUT2D eigenvalue weighted by molar-refractivity contribution is 8.01. The zero-order chi connectivity index (χ0) is 26.1. The highest BCUT2D eigenvalue weighted by Gasteiger charge is 2.51. The first-order valence-electron chi connectivity index (χ1n) is 10.0. The number of nitrogens with one attached hydrogen (secondary N) is 2. The van der Waals surface area contributed by atoms with Crippen molar-refractivity contribution in [3.63, 3.8) is 0 Å². The quantitative estimate of drug-likeness (QED) is 0.0984. The number of fused-ring (bicyclic) bond motifs is 1. The van der Waals surface area contributed by atoms with Crippen LogP contribution in [0.4, 0.5) is 0 Å². The third-order valence-electron chi connectivity index (χ3n) is 5.17. The second-order valence-corrected chi connectivity index (χ2v) is 9.44. The monoisotopic (exact) mass is 534 g/mol. The normalized spacial score (nSPS) is 19.6. The number of carbonyl (C=O) groups excluding carboxylic acids is 2. The molecular weight excluding hydrogens is 516 g/mol. The van der Waals surface area contributed by atoms with Crippen LogP contribution in [0.15, 0.2) is 66.1 Å². The Balaban J connectivity index is 1.71. The van der Waals surface area contributed by atoms with Gasteiger partial charge in [-0.2, -0.15) is 0 Å². The SMILES string of the molecule is C=C1C(=O)N2C(C(=O)O)=C(CSc3n[nH]c(=O)c(=O)n3C)C(NC(=O)C(=NOC)c3ccco3)S[C@H]12. The van der Waals surface area contributed by atoms with Gasteiger partial charge in [-0.25, -0.2) is 9.89 Å². The molecule has 2 aliphatic heterocycles. The maximum absolute atomic E-state index is 13.1. The van der Waals surface area contributed by atoms with Crippen molar-refractivity contribution < 1.29 is 28.7 Å². The van der Waals surface area contributed by atoms with Gasteiger partial charge in [-0.1, -0.05) is 23.5 Å². The summed E-state index contributed by atoms with van der Waals surface area (Å²) >= 11 is 2.03. The molecular formula is C20H18N6O8S2. The van der Waals surface area contributed by atoms with Crippen LogP contribution in [0.2, 0.25) is 0 Å². The number of furan rings is 1. The van der Waals surface area contributed by atoms with Crippen molar-refractivity contribution in [1.82, 2.24) is 25.0 Å². The summed E-state index contributed by atoms with van der Waals surface area (Å²) in [6.45, 7) is 3.70. The molecule has 4 rings (SSSR count). The number of carbonyl (C=O) groups is 3. The van der Waals surface area contributed by atoms with Crippen molar-refractivity contribution in [3.05, 3.63) is 68.3 Å². The number of β-lactam (4-membered cyclic amide) rings is 1. The third kappa shape index (κ3) is 4.35. The molecule has 1 unspecified atom stereocenters. The van der Waals surface area contributed by atoms with Gasteiger partial charge in [0.05, 0.1) is 6.26 Å². The van der Waals surface area contributed by atoms with Crippen LogP contribution >= 0.6 is 23.5 Å². The van der Waals surface area contributed by atoms with Crippen LogP contribution in [0.25, 0.3) is 0 Å². The predicted molar refractivity (Wildman–Crippen MR) is 127 cm³/mol. The molecule has 36 heavy (non-hydrogen) atoms. The maximum atomic E-state index is 13.1. The van der Waals surface area contributed by atoms with Gasteiger partial charge in [-0.15, -0.1) is 16.9 Å². The number of aromatic nitrogens is 3. The molecule has 16 heteroatoms. The number of carboxylic acid groups (broad SMARTS) is 1. The van der Waals surface area contributed by atoms with E-state index >= 15 is 0 Å². The van der Waals surface area contributed by atoms with Gasteiger partial charge in [-0.05, 0) is 12.1 Å². The summed E-state index contributed by atoms with van der Waals surface area (Å²) in [6, 6.07) is 3.05. The molecule has 2 amide bonds. The van der Waals surface area contributed by atoms with Crippen LogP contribution < -0.4 is 16.4 Å². The fourth-order valence-corrected chi connectivity index (χ4v) is 5.90. The van der Waals surface area contributed by atoms with Gasteiger partial charge >= 0.3 is 17.1 Å². The highest BCUT2D eigenvalue weighted by atomic mass is 32.2. The molecule has 2 aromatic heterocycles. The van der Waals surface area contributed by atoms with E-state index in [-0.39, 0.29) is 39.2 Å². The molecule has 0 aliphatic carbocycles. The lowest BCUT2D eigenvalue weighted by atomic mass is 10.0. The number of H-pyrrole nitrogens is 1. The number of aromatic amines is 1. The topological polar surface area (TPSA) is 189 Å². The van der Waals surface area contributed by atoms with E-state index in [0.717, 1.165) is 33.0 Å². The zero-order valence-corrected chi connectivity index (χ0v) is 20.3. The lowest BCUT2D eigenvalue weighted by Gasteiger charge is -2.47. The Bertz CT molecular complexity index is 1440. The first-order chi connectivity index (χ1) is 17.1. The number of thioether (sulfide) groups is 2. The number of carboxylic acids is 1. The van der Waals surface area contributed by atoms with Gasteiger partial charge in [0.15, 0.2) is 10.9 Å². The Morgan fingerprint density at radius 2 is 2.17 bits per heavy atom. The van der Waals surface area contributed by atoms with Crippen LogP contribution in [-0.4, -0.2) is 71.9 Å². The number of hydrogen-bond donors (Lipinski definition) is 3. The molecule has 0 bridgehead atoms. The summed E-state index contributed by atoms with van der Waals surface area (Å²) < 4.78 is 6.25. The first-order valence-corrected chi connectivity index (χ1v) is 12.0. The standard InChI is InChI=1S/C20H18N6O8S2/c1-8-16(29)26-12(19(31)32)9(7-35-20-23-22-14(28)17(30)25(20)2)15(36-18(8)26)21-13(27)11(24-33-3)10-5-4-6-34-10/h4-6,15,18H,1,7H2,2-3H3,(H,21,27)(H,22,28)(H,31,32)/t15?,18-/m1/s1. The minimum Gasteiger partial charge on any atom is -0.477 e. The molecule has 3 N–H and O–H groups in total. The van der Waals surface area contributed by atoms with Crippen molar-refractivity contribution >= 4 is 47.0 Å². The molecule has 4 heterocycles. The van der Waals surface area contributed by atoms with Crippen LogP contribution in [-0.2, 0) is 26.3 Å². The highest BCUT2D eigenvalue weighted by Crippen LogP contribution is 2.46. The lowest BCUT2D eigenvalue weighted by Crippen LogP contribution is -2.59. The minimum atomic E-state index is -1.39. The molecule has 14 nitrogen and oxygen atoms in total. The van der Waals surface area contributed by atoms with Crippen molar-refractivity contribution in [2.24, 2.45) is 12.2 Å². The van der Waals surface area contributed by atoms with E-state index in [1.807, 2.05) is 0 Å². The summed E-state index contributed by atoms with van der Waals surface area (Å²) in [6.07, 6.45) is 1.34. The summed E-state index contributed by atoms with van der Waals surface area (Å²) in [4.78, 5) is 67.1. The summed E-state index contributed by atoms with van der Waals surface area (Å²) in [7, 11) is 2.59. The molecule has 1 saturated heterocycles. The van der Waals surface area contributed by atoms with Gasteiger partial charge < -0.3 is 19.7 Å². The van der Waals surface area contributed by atoms with Crippen molar-refractivity contribution in [1.29, 1.82) is 0 Å². The fourth-order valence-electron chi connectivity index (χ4n) is 3.44. The van der Waals surface area contributed by atoms with Gasteiger partial charge in [0, 0.05) is 23.9 Å².